The number of ether oxygens (including phenoxy) is 1. The van der Waals surface area contributed by atoms with Gasteiger partial charge in [-0.15, -0.1) is 0 Å². The quantitative estimate of drug-likeness (QED) is 0.465. The molecule has 2 aromatic carbocycles. The second kappa shape index (κ2) is 9.18. The first-order valence-electron chi connectivity index (χ1n) is 11.9. The van der Waals surface area contributed by atoms with Crippen LogP contribution in [0.5, 0.6) is 0 Å². The zero-order chi connectivity index (χ0) is 24.6. The number of nitrogens with zero attached hydrogens (tertiary/aromatic N) is 3. The predicted octanol–water partition coefficient (Wildman–Crippen LogP) is 5.69. The third-order valence-electron chi connectivity index (χ3n) is 7.28. The minimum atomic E-state index is -4.41. The van der Waals surface area contributed by atoms with Crippen LogP contribution in [0, 0.1) is 5.92 Å². The number of carbonyl (C=O) groups is 1. The second-order valence-corrected chi connectivity index (χ2v) is 9.69. The number of aromatic nitrogens is 2. The van der Waals surface area contributed by atoms with Crippen LogP contribution in [-0.4, -0.2) is 45.3 Å². The topological polar surface area (TPSA) is 67.6 Å². The van der Waals surface area contributed by atoms with E-state index in [9.17, 15) is 23.1 Å². The van der Waals surface area contributed by atoms with Gasteiger partial charge in [0.05, 0.1) is 23.2 Å². The molecule has 1 N–H and O–H groups in total. The molecular weight excluding hydrogens is 459 g/mol. The molecule has 186 valence electrons. The zero-order valence-corrected chi connectivity index (χ0v) is 19.3. The van der Waals surface area contributed by atoms with E-state index in [1.807, 2.05) is 34.9 Å². The molecule has 1 aromatic heterocycles. The Kier molecular flexibility index (Phi) is 6.21. The Bertz CT molecular complexity index is 1200. The van der Waals surface area contributed by atoms with Gasteiger partial charge in [0.25, 0.3) is 0 Å². The molecule has 0 bridgehead atoms. The highest BCUT2D eigenvalue weighted by Gasteiger charge is 2.38. The summed E-state index contributed by atoms with van der Waals surface area (Å²) in [6.45, 7) is 2.04. The Morgan fingerprint density at radius 2 is 1.83 bits per heavy atom. The molecule has 35 heavy (non-hydrogen) atoms. The van der Waals surface area contributed by atoms with E-state index in [-0.39, 0.29) is 12.0 Å². The Labute approximate surface area is 201 Å². The van der Waals surface area contributed by atoms with Crippen molar-refractivity contribution in [1.29, 1.82) is 0 Å². The smallest absolute Gasteiger partial charge is 0.416 e. The van der Waals surface area contributed by atoms with Crippen LogP contribution in [0.1, 0.15) is 42.6 Å². The number of hydrogen-bond donors (Lipinski definition) is 1. The first-order valence-corrected chi connectivity index (χ1v) is 11.9. The maximum absolute atomic E-state index is 13.3. The molecule has 2 aliphatic rings. The average Bonchev–Trinajstić information content (AvgIpc) is 3.60. The molecule has 2 heterocycles. The molecule has 5 rings (SSSR count). The minimum absolute atomic E-state index is 0.181. The summed E-state index contributed by atoms with van der Waals surface area (Å²) in [4.78, 5) is 17.5. The molecule has 1 amide bonds. The van der Waals surface area contributed by atoms with E-state index in [1.54, 1.807) is 0 Å². The van der Waals surface area contributed by atoms with Crippen molar-refractivity contribution in [3.63, 3.8) is 0 Å². The van der Waals surface area contributed by atoms with Crippen LogP contribution >= 0.6 is 0 Å². The Morgan fingerprint density at radius 3 is 2.46 bits per heavy atom. The molecule has 0 spiro atoms. The molecular formula is C26H28F3N3O3. The fourth-order valence-electron chi connectivity index (χ4n) is 4.99. The second-order valence-electron chi connectivity index (χ2n) is 9.69. The van der Waals surface area contributed by atoms with Gasteiger partial charge < -0.3 is 19.3 Å². The third-order valence-corrected chi connectivity index (χ3v) is 7.28. The summed E-state index contributed by atoms with van der Waals surface area (Å²) in [5.41, 5.74) is 1.11. The summed E-state index contributed by atoms with van der Waals surface area (Å²) < 4.78 is 48.1. The highest BCUT2D eigenvalue weighted by Crippen LogP contribution is 2.37. The van der Waals surface area contributed by atoms with E-state index >= 15 is 0 Å². The number of amides is 1. The van der Waals surface area contributed by atoms with Crippen LogP contribution < -0.4 is 0 Å². The first kappa shape index (κ1) is 23.7. The number of piperidine rings is 1. The SMILES string of the molecule is O=C(O)N1CCC(COCc2nc3ccc(C(F)(F)F)cc3n2CC2CC2)(c2ccccc2)CC1. The van der Waals surface area contributed by atoms with Crippen molar-refractivity contribution in [2.45, 2.75) is 50.4 Å². The highest BCUT2D eigenvalue weighted by molar-refractivity contribution is 5.77. The summed E-state index contributed by atoms with van der Waals surface area (Å²) in [5.74, 6) is 1.08. The zero-order valence-electron chi connectivity index (χ0n) is 19.3. The van der Waals surface area contributed by atoms with Crippen LogP contribution in [0.4, 0.5) is 18.0 Å². The van der Waals surface area contributed by atoms with E-state index in [2.05, 4.69) is 4.98 Å². The molecule has 1 saturated carbocycles. The highest BCUT2D eigenvalue weighted by atomic mass is 19.4. The summed E-state index contributed by atoms with van der Waals surface area (Å²) in [6, 6.07) is 13.6. The molecule has 1 saturated heterocycles. The Balaban J connectivity index is 1.38. The van der Waals surface area contributed by atoms with Crippen LogP contribution in [-0.2, 0) is 29.5 Å². The van der Waals surface area contributed by atoms with Gasteiger partial charge in [-0.25, -0.2) is 9.78 Å². The monoisotopic (exact) mass is 487 g/mol. The largest absolute Gasteiger partial charge is 0.465 e. The van der Waals surface area contributed by atoms with Gasteiger partial charge in [-0.3, -0.25) is 0 Å². The van der Waals surface area contributed by atoms with E-state index in [1.165, 1.54) is 17.0 Å². The van der Waals surface area contributed by atoms with Crippen molar-refractivity contribution in [3.05, 3.63) is 65.5 Å². The molecule has 1 aliphatic carbocycles. The number of halogens is 3. The normalized spacial score (nSPS) is 18.2. The molecule has 9 heteroatoms. The van der Waals surface area contributed by atoms with Gasteiger partial charge in [0, 0.05) is 25.0 Å². The lowest BCUT2D eigenvalue weighted by molar-refractivity contribution is -0.137. The van der Waals surface area contributed by atoms with Crippen LogP contribution in [0.25, 0.3) is 11.0 Å². The lowest BCUT2D eigenvalue weighted by Gasteiger charge is -2.41. The fourth-order valence-corrected chi connectivity index (χ4v) is 4.99. The summed E-state index contributed by atoms with van der Waals surface area (Å²) >= 11 is 0. The number of hydrogen-bond acceptors (Lipinski definition) is 3. The third kappa shape index (κ3) is 5.00. The number of benzene rings is 2. The van der Waals surface area contributed by atoms with Crippen LogP contribution in [0.2, 0.25) is 0 Å². The Morgan fingerprint density at radius 1 is 1.11 bits per heavy atom. The van der Waals surface area contributed by atoms with E-state index in [4.69, 9.17) is 4.74 Å². The fraction of sp³-hybridized carbons (Fsp3) is 0.462. The predicted molar refractivity (Wildman–Crippen MR) is 124 cm³/mol. The minimum Gasteiger partial charge on any atom is -0.465 e. The van der Waals surface area contributed by atoms with Gasteiger partial charge in [-0.1, -0.05) is 30.3 Å². The molecule has 3 aromatic rings. The number of rotatable bonds is 7. The van der Waals surface area contributed by atoms with Gasteiger partial charge in [0.1, 0.15) is 12.4 Å². The number of fused-ring (bicyclic) bond motifs is 1. The van der Waals surface area contributed by atoms with Gasteiger partial charge in [-0.05, 0) is 55.4 Å². The number of carboxylic acid groups (broad SMARTS) is 1. The van der Waals surface area contributed by atoms with E-state index in [0.717, 1.165) is 24.5 Å². The van der Waals surface area contributed by atoms with Gasteiger partial charge in [0.2, 0.25) is 0 Å². The summed E-state index contributed by atoms with van der Waals surface area (Å²) in [6.07, 6.45) is -1.92. The van der Waals surface area contributed by atoms with Gasteiger partial charge >= 0.3 is 12.3 Å². The lowest BCUT2D eigenvalue weighted by Crippen LogP contribution is -2.47. The Hall–Kier alpha value is -3.07. The molecule has 0 unspecified atom stereocenters. The first-order chi connectivity index (χ1) is 16.7. The van der Waals surface area contributed by atoms with Crippen molar-refractivity contribution in [2.75, 3.05) is 19.7 Å². The van der Waals surface area contributed by atoms with Crippen LogP contribution in [0.3, 0.4) is 0 Å². The average molecular weight is 488 g/mol. The maximum atomic E-state index is 13.3. The molecule has 6 nitrogen and oxygen atoms in total. The number of alkyl halides is 3. The number of likely N-dealkylation sites (tertiary alicyclic amines) is 1. The van der Waals surface area contributed by atoms with Gasteiger partial charge in [-0.2, -0.15) is 13.2 Å². The molecule has 0 atom stereocenters. The van der Waals surface area contributed by atoms with E-state index < -0.39 is 17.8 Å². The molecule has 2 fully saturated rings. The lowest BCUT2D eigenvalue weighted by atomic mass is 9.73. The number of imidazole rings is 1. The standard InChI is InChI=1S/C26H28F3N3O3/c27-26(28,29)20-8-9-21-22(14-20)32(15-18-6-7-18)23(30-21)16-35-17-25(19-4-2-1-3-5-19)10-12-31(13-11-25)24(33)34/h1-5,8-9,14,18H,6-7,10-13,15-17H2,(H,33,34). The van der Waals surface area contributed by atoms with Crippen molar-refractivity contribution < 1.29 is 27.8 Å². The van der Waals surface area contributed by atoms with E-state index in [0.29, 0.717) is 61.9 Å². The maximum Gasteiger partial charge on any atom is 0.416 e. The summed E-state index contributed by atoms with van der Waals surface area (Å²) in [5, 5.41) is 9.36. The van der Waals surface area contributed by atoms with Crippen molar-refractivity contribution in [2.24, 2.45) is 5.92 Å². The van der Waals surface area contributed by atoms with Crippen LogP contribution in [0.15, 0.2) is 48.5 Å². The van der Waals surface area contributed by atoms with Crippen molar-refractivity contribution >= 4 is 17.1 Å². The molecule has 1 aliphatic heterocycles. The molecule has 0 radical (unpaired) electrons. The van der Waals surface area contributed by atoms with Gasteiger partial charge in [0.15, 0.2) is 0 Å². The summed E-state index contributed by atoms with van der Waals surface area (Å²) in [7, 11) is 0. The van der Waals surface area contributed by atoms with Crippen molar-refractivity contribution in [1.82, 2.24) is 14.5 Å². The van der Waals surface area contributed by atoms with Crippen molar-refractivity contribution in [3.8, 4) is 0 Å².